The summed E-state index contributed by atoms with van der Waals surface area (Å²) in [7, 11) is 0. The molecule has 0 aromatic carbocycles. The van der Waals surface area contributed by atoms with E-state index in [9.17, 15) is 0 Å². The minimum atomic E-state index is 0. The van der Waals surface area contributed by atoms with Gasteiger partial charge in [0.1, 0.15) is 0 Å². The van der Waals surface area contributed by atoms with Crippen LogP contribution in [0.2, 0.25) is 0 Å². The lowest BCUT2D eigenvalue weighted by Gasteiger charge is -1.78. The molecule has 0 unspecified atom stereocenters. The third-order valence-electron chi connectivity index (χ3n) is 1.18. The Kier molecular flexibility index (Phi) is 4.19. The Balaban J connectivity index is 0.000000605. The number of hydrogen-bond donors (Lipinski definition) is 1. The number of halogens is 2. The highest BCUT2D eigenvalue weighted by atomic mass is 79.9. The maximum atomic E-state index is 5.27. The molecule has 0 aliphatic carbocycles. The van der Waals surface area contributed by atoms with Crippen molar-refractivity contribution in [1.82, 2.24) is 9.97 Å². The van der Waals surface area contributed by atoms with Gasteiger partial charge in [0.05, 0.1) is 0 Å². The van der Waals surface area contributed by atoms with Gasteiger partial charge >= 0.3 is 0 Å². The van der Waals surface area contributed by atoms with Gasteiger partial charge in [0.25, 0.3) is 6.01 Å². The van der Waals surface area contributed by atoms with Crippen LogP contribution in [-0.2, 0) is 0 Å². The van der Waals surface area contributed by atoms with Crippen molar-refractivity contribution in [3.05, 3.63) is 18.3 Å². The van der Waals surface area contributed by atoms with E-state index in [0.29, 0.717) is 11.2 Å². The molecule has 2 heterocycles. The van der Waals surface area contributed by atoms with Crippen molar-refractivity contribution < 1.29 is 4.42 Å². The Labute approximate surface area is 89.7 Å². The molecule has 0 bridgehead atoms. The number of nitrogen functional groups attached to an aromatic ring is 1. The van der Waals surface area contributed by atoms with E-state index >= 15 is 0 Å². The van der Waals surface area contributed by atoms with Crippen LogP contribution < -0.4 is 5.73 Å². The number of nitrogens with zero attached hydrogens (tertiary/aromatic N) is 2. The molecule has 66 valence electrons. The predicted octanol–water partition coefficient (Wildman–Crippen LogP) is 1.96. The lowest BCUT2D eigenvalue weighted by atomic mass is 10.5. The van der Waals surface area contributed by atoms with Gasteiger partial charge in [-0.3, -0.25) is 0 Å². The van der Waals surface area contributed by atoms with Gasteiger partial charge in [-0.1, -0.05) is 0 Å². The third-order valence-corrected chi connectivity index (χ3v) is 1.18. The molecule has 0 aliphatic heterocycles. The van der Waals surface area contributed by atoms with Gasteiger partial charge in [-0.15, -0.1) is 34.0 Å². The molecule has 2 rings (SSSR count). The quantitative estimate of drug-likeness (QED) is 0.807. The zero-order valence-electron chi connectivity index (χ0n) is 5.93. The molecule has 0 spiro atoms. The molecule has 0 saturated heterocycles. The number of rotatable bonds is 0. The predicted molar refractivity (Wildman–Crippen MR) is 56.9 cm³/mol. The molecule has 0 amide bonds. The maximum Gasteiger partial charge on any atom is 0.294 e. The number of anilines is 1. The van der Waals surface area contributed by atoms with E-state index in [4.69, 9.17) is 10.2 Å². The Morgan fingerprint density at radius 3 is 2.75 bits per heavy atom. The number of hydrogen-bond acceptors (Lipinski definition) is 4. The van der Waals surface area contributed by atoms with Crippen molar-refractivity contribution >= 4 is 51.2 Å². The first kappa shape index (κ1) is 11.4. The second kappa shape index (κ2) is 4.42. The van der Waals surface area contributed by atoms with Crippen molar-refractivity contribution in [3.63, 3.8) is 0 Å². The molecule has 6 heteroatoms. The molecule has 2 N–H and O–H groups in total. The molecule has 4 nitrogen and oxygen atoms in total. The topological polar surface area (TPSA) is 64.9 Å². The highest BCUT2D eigenvalue weighted by Gasteiger charge is 1.99. The first-order valence-electron chi connectivity index (χ1n) is 2.83. The fourth-order valence-corrected chi connectivity index (χ4v) is 0.786. The Hall–Kier alpha value is -0.620. The van der Waals surface area contributed by atoms with E-state index in [2.05, 4.69) is 9.97 Å². The van der Waals surface area contributed by atoms with Gasteiger partial charge in [-0.05, 0) is 12.1 Å². The lowest BCUT2D eigenvalue weighted by Crippen LogP contribution is -1.81. The van der Waals surface area contributed by atoms with Crippen molar-refractivity contribution in [1.29, 1.82) is 0 Å². The van der Waals surface area contributed by atoms with Crippen molar-refractivity contribution in [3.8, 4) is 0 Å². The van der Waals surface area contributed by atoms with Crippen LogP contribution in [-0.4, -0.2) is 9.97 Å². The summed E-state index contributed by atoms with van der Waals surface area (Å²) < 4.78 is 4.97. The maximum absolute atomic E-state index is 5.27. The summed E-state index contributed by atoms with van der Waals surface area (Å²) in [5.74, 6) is 0. The molecule has 0 atom stereocenters. The van der Waals surface area contributed by atoms with Crippen LogP contribution in [0, 0.1) is 0 Å². The molecular formula is C6H7Br2N3O. The van der Waals surface area contributed by atoms with Gasteiger partial charge in [0.15, 0.2) is 5.58 Å². The zero-order chi connectivity index (χ0) is 6.97. The summed E-state index contributed by atoms with van der Waals surface area (Å²) in [6.45, 7) is 0. The van der Waals surface area contributed by atoms with Gasteiger partial charge < -0.3 is 10.2 Å². The number of oxazole rings is 1. The van der Waals surface area contributed by atoms with Crippen molar-refractivity contribution in [2.24, 2.45) is 0 Å². The van der Waals surface area contributed by atoms with Crippen LogP contribution in [0.25, 0.3) is 11.2 Å². The van der Waals surface area contributed by atoms with Crippen LogP contribution >= 0.6 is 34.0 Å². The van der Waals surface area contributed by atoms with E-state index in [0.717, 1.165) is 0 Å². The summed E-state index contributed by atoms with van der Waals surface area (Å²) in [5, 5.41) is 0. The van der Waals surface area contributed by atoms with E-state index in [-0.39, 0.29) is 40.0 Å². The SMILES string of the molecule is Br.Br.Nc1nc2ncccc2o1. The van der Waals surface area contributed by atoms with Crippen LogP contribution in [0.3, 0.4) is 0 Å². The largest absolute Gasteiger partial charge is 0.422 e. The monoisotopic (exact) mass is 295 g/mol. The fourth-order valence-electron chi connectivity index (χ4n) is 0.786. The van der Waals surface area contributed by atoms with Crippen LogP contribution in [0.1, 0.15) is 0 Å². The Bertz CT molecular complexity index is 329. The van der Waals surface area contributed by atoms with E-state index in [1.807, 2.05) is 0 Å². The average molecular weight is 297 g/mol. The number of aromatic nitrogens is 2. The van der Waals surface area contributed by atoms with E-state index in [1.165, 1.54) is 0 Å². The third kappa shape index (κ3) is 1.95. The van der Waals surface area contributed by atoms with Gasteiger partial charge in [0, 0.05) is 6.20 Å². The van der Waals surface area contributed by atoms with Gasteiger partial charge in [0.2, 0.25) is 5.65 Å². The minimum Gasteiger partial charge on any atom is -0.422 e. The first-order chi connectivity index (χ1) is 4.86. The minimum absolute atomic E-state index is 0. The van der Waals surface area contributed by atoms with Gasteiger partial charge in [-0.2, -0.15) is 4.98 Å². The summed E-state index contributed by atoms with van der Waals surface area (Å²) in [6.07, 6.45) is 1.64. The standard InChI is InChI=1S/C6H5N3O.2BrH/c7-6-9-5-4(10-6)2-1-3-8-5;;/h1-3H,(H2,7,8,9);2*1H. The zero-order valence-corrected chi connectivity index (χ0v) is 9.35. The summed E-state index contributed by atoms with van der Waals surface area (Å²) in [5.41, 5.74) is 6.45. The first-order valence-corrected chi connectivity index (χ1v) is 2.83. The normalized spacial score (nSPS) is 8.67. The summed E-state index contributed by atoms with van der Waals surface area (Å²) in [4.78, 5) is 7.73. The highest BCUT2D eigenvalue weighted by molar-refractivity contribution is 8.93. The van der Waals surface area contributed by atoms with Crippen molar-refractivity contribution in [2.75, 3.05) is 5.73 Å². The molecule has 0 aliphatic rings. The fraction of sp³-hybridized carbons (Fsp3) is 0. The smallest absolute Gasteiger partial charge is 0.294 e. The molecule has 0 radical (unpaired) electrons. The Morgan fingerprint density at radius 1 is 1.33 bits per heavy atom. The molecule has 0 saturated carbocycles. The second-order valence-electron chi connectivity index (χ2n) is 1.88. The Morgan fingerprint density at radius 2 is 2.08 bits per heavy atom. The highest BCUT2D eigenvalue weighted by Crippen LogP contribution is 2.12. The second-order valence-corrected chi connectivity index (χ2v) is 1.88. The average Bonchev–Trinajstić information content (AvgIpc) is 2.27. The van der Waals surface area contributed by atoms with Crippen LogP contribution in [0.15, 0.2) is 22.7 Å². The summed E-state index contributed by atoms with van der Waals surface area (Å²) in [6, 6.07) is 3.70. The number of nitrogens with two attached hydrogens (primary N) is 1. The van der Waals surface area contributed by atoms with Crippen LogP contribution in [0.4, 0.5) is 6.01 Å². The van der Waals surface area contributed by atoms with Crippen molar-refractivity contribution in [2.45, 2.75) is 0 Å². The summed E-state index contributed by atoms with van der Waals surface area (Å²) >= 11 is 0. The van der Waals surface area contributed by atoms with Crippen LogP contribution in [0.5, 0.6) is 0 Å². The van der Waals surface area contributed by atoms with E-state index in [1.54, 1.807) is 18.3 Å². The molecular weight excluding hydrogens is 290 g/mol. The lowest BCUT2D eigenvalue weighted by molar-refractivity contribution is 0.626. The van der Waals surface area contributed by atoms with Gasteiger partial charge in [-0.25, -0.2) is 4.98 Å². The molecule has 0 fully saturated rings. The molecule has 12 heavy (non-hydrogen) atoms. The molecule has 2 aromatic rings. The molecule has 2 aromatic heterocycles. The number of fused-ring (bicyclic) bond motifs is 1. The van der Waals surface area contributed by atoms with E-state index < -0.39 is 0 Å². The number of pyridine rings is 1.